The Kier molecular flexibility index (Phi) is 9.91. The molecule has 1 saturated heterocycles. The van der Waals surface area contributed by atoms with E-state index in [1.54, 1.807) is 7.48 Å². The van der Waals surface area contributed by atoms with Crippen molar-refractivity contribution < 1.29 is 9.39 Å². The lowest BCUT2D eigenvalue weighted by Gasteiger charge is -2.38. The van der Waals surface area contributed by atoms with Crippen LogP contribution < -0.4 is 5.46 Å². The Balaban J connectivity index is 0.00000420. The summed E-state index contributed by atoms with van der Waals surface area (Å²) in [5.41, 5.74) is 3.73. The van der Waals surface area contributed by atoms with Crippen LogP contribution in [0.25, 0.3) is 0 Å². The molecule has 1 aromatic rings. The second-order valence-corrected chi connectivity index (χ2v) is 9.92. The molecule has 2 rings (SSSR count). The van der Waals surface area contributed by atoms with Crippen molar-refractivity contribution >= 4 is 31.8 Å². The smallest absolute Gasteiger partial charge is 0.332 e. The van der Waals surface area contributed by atoms with E-state index in [1.165, 1.54) is 6.42 Å². The lowest BCUT2D eigenvalue weighted by atomic mass is 9.81. The predicted molar refractivity (Wildman–Crippen MR) is 129 cm³/mol. The minimum Gasteiger partial charge on any atom is -0.428 e. The van der Waals surface area contributed by atoms with Gasteiger partial charge in [0.15, 0.2) is 0 Å². The van der Waals surface area contributed by atoms with Gasteiger partial charge < -0.3 is 9.39 Å². The van der Waals surface area contributed by atoms with E-state index in [0.29, 0.717) is 0 Å². The average Bonchev–Trinajstić information content (AvgIpc) is 2.64. The average molecular weight is 419 g/mol. The molecular formula is C23H40BN2O2S. The molecule has 0 bridgehead atoms. The monoisotopic (exact) mass is 419 g/mol. The Morgan fingerprint density at radius 3 is 2.59 bits per heavy atom. The van der Waals surface area contributed by atoms with Crippen molar-refractivity contribution in [1.82, 2.24) is 4.98 Å². The van der Waals surface area contributed by atoms with Crippen molar-refractivity contribution in [3.8, 4) is 0 Å². The highest BCUT2D eigenvalue weighted by Crippen LogP contribution is 2.30. The number of aromatic nitrogens is 1. The third kappa shape index (κ3) is 6.83. The van der Waals surface area contributed by atoms with Gasteiger partial charge in [0.1, 0.15) is 0 Å². The molecule has 0 saturated carbocycles. The molecule has 2 unspecified atom stereocenters. The molecule has 1 aliphatic rings. The van der Waals surface area contributed by atoms with Gasteiger partial charge in [-0.1, -0.05) is 14.4 Å². The fraction of sp³-hybridized carbons (Fsp3) is 0.739. The highest BCUT2D eigenvalue weighted by molar-refractivity contribution is 7.81. The molecule has 0 N–H and O–H groups in total. The molecule has 1 radical (unpaired) electrons. The number of aliphatic imine (C=N–C) groups is 1. The van der Waals surface area contributed by atoms with Crippen molar-refractivity contribution in [2.45, 2.75) is 104 Å². The fourth-order valence-corrected chi connectivity index (χ4v) is 3.18. The number of hydrogen-bond acceptors (Lipinski definition) is 5. The summed E-state index contributed by atoms with van der Waals surface area (Å²) in [4.78, 5) is 9.46. The predicted octanol–water partition coefficient (Wildman–Crippen LogP) is 4.85. The van der Waals surface area contributed by atoms with E-state index in [4.69, 9.17) is 14.4 Å². The van der Waals surface area contributed by atoms with Crippen LogP contribution in [0.3, 0.4) is 0 Å². The Labute approximate surface area is 185 Å². The van der Waals surface area contributed by atoms with Crippen LogP contribution in [0.4, 0.5) is 0 Å². The van der Waals surface area contributed by atoms with Gasteiger partial charge in [0.05, 0.1) is 17.7 Å². The molecular weight excluding hydrogens is 379 g/mol. The van der Waals surface area contributed by atoms with Crippen molar-refractivity contribution in [3.05, 3.63) is 23.0 Å². The molecule has 2 heterocycles. The summed E-state index contributed by atoms with van der Waals surface area (Å²) < 4.78 is 11.8. The van der Waals surface area contributed by atoms with Gasteiger partial charge in [0, 0.05) is 35.0 Å². The maximum atomic E-state index is 6.09. The van der Waals surface area contributed by atoms with Crippen LogP contribution in [0.1, 0.15) is 84.5 Å². The van der Waals surface area contributed by atoms with Gasteiger partial charge in [-0.25, -0.2) is 0 Å². The maximum Gasteiger partial charge on any atom is 0.332 e. The van der Waals surface area contributed by atoms with E-state index in [2.05, 4.69) is 45.3 Å². The summed E-state index contributed by atoms with van der Waals surface area (Å²) in [5, 5.41) is 0. The zero-order chi connectivity index (χ0) is 20.9. The lowest BCUT2D eigenvalue weighted by molar-refractivity contribution is 0.000548. The highest BCUT2D eigenvalue weighted by atomic mass is 32.1. The molecule has 2 atom stereocenters. The zero-order valence-corrected chi connectivity index (χ0v) is 19.5. The summed E-state index contributed by atoms with van der Waals surface area (Å²) >= 11 is 4.67. The fourth-order valence-electron chi connectivity index (χ4n) is 3.13. The van der Waals surface area contributed by atoms with Crippen LogP contribution in [0.5, 0.6) is 0 Å². The molecule has 29 heavy (non-hydrogen) atoms. The molecule has 1 fully saturated rings. The van der Waals surface area contributed by atoms with E-state index < -0.39 is 5.60 Å². The summed E-state index contributed by atoms with van der Waals surface area (Å²) in [5.74, 6) is 0. The number of pyridine rings is 1. The Hall–Kier alpha value is -0.845. The topological polar surface area (TPSA) is 43.7 Å². The number of rotatable bonds is 8. The standard InChI is InChI=1S/C22H36BN2O2S.CH4/c1-8-19(20-11-9-10-12-26-20)25-13-17-15(2)18(14-24-16(17)3)23-27-21(4,5)22(6,7)28;/h13-14,19-20,28H,8-12H2,1-7H3;1H4. The quantitative estimate of drug-likeness (QED) is 0.372. The highest BCUT2D eigenvalue weighted by Gasteiger charge is 2.34. The van der Waals surface area contributed by atoms with E-state index in [1.807, 2.05) is 33.2 Å². The first-order valence-electron chi connectivity index (χ1n) is 10.4. The molecule has 0 spiro atoms. The second kappa shape index (κ2) is 11.0. The molecule has 1 aromatic heterocycles. The van der Waals surface area contributed by atoms with Gasteiger partial charge in [0.2, 0.25) is 0 Å². The van der Waals surface area contributed by atoms with Gasteiger partial charge in [-0.2, -0.15) is 12.6 Å². The van der Waals surface area contributed by atoms with E-state index in [-0.39, 0.29) is 24.3 Å². The third-order valence-corrected chi connectivity index (χ3v) is 6.57. The van der Waals surface area contributed by atoms with Gasteiger partial charge in [-0.3, -0.25) is 9.98 Å². The van der Waals surface area contributed by atoms with Crippen molar-refractivity contribution in [2.75, 3.05) is 6.61 Å². The first-order valence-corrected chi connectivity index (χ1v) is 10.9. The summed E-state index contributed by atoms with van der Waals surface area (Å²) in [6.07, 6.45) is 8.56. The maximum absolute atomic E-state index is 6.09. The SMILES string of the molecule is C.CCC(N=Cc1c(C)ncc([B]OC(C)(C)C(C)(C)S)c1C)C1CCCCO1. The minimum atomic E-state index is -0.409. The van der Waals surface area contributed by atoms with Crippen molar-refractivity contribution in [2.24, 2.45) is 4.99 Å². The molecule has 4 nitrogen and oxygen atoms in total. The summed E-state index contributed by atoms with van der Waals surface area (Å²) in [7, 11) is 1.80. The van der Waals surface area contributed by atoms with Crippen LogP contribution >= 0.6 is 12.6 Å². The number of thiol groups is 1. The van der Waals surface area contributed by atoms with Gasteiger partial charge in [-0.05, 0) is 78.3 Å². The van der Waals surface area contributed by atoms with E-state index >= 15 is 0 Å². The third-order valence-electron chi connectivity index (χ3n) is 6.04. The molecule has 1 aliphatic heterocycles. The Bertz CT molecular complexity index is 680. The first kappa shape index (κ1) is 26.2. The number of aryl methyl sites for hydroxylation is 1. The minimum absolute atomic E-state index is 0. The van der Waals surface area contributed by atoms with Crippen LogP contribution in [-0.2, 0) is 9.39 Å². The molecule has 0 aromatic carbocycles. The molecule has 0 amide bonds. The van der Waals surface area contributed by atoms with E-state index in [9.17, 15) is 0 Å². The van der Waals surface area contributed by atoms with Gasteiger partial charge in [0.25, 0.3) is 0 Å². The Morgan fingerprint density at radius 2 is 2.03 bits per heavy atom. The number of ether oxygens (including phenoxy) is 1. The first-order chi connectivity index (χ1) is 13.1. The van der Waals surface area contributed by atoms with Gasteiger partial charge >= 0.3 is 7.48 Å². The van der Waals surface area contributed by atoms with Crippen LogP contribution in [0, 0.1) is 13.8 Å². The lowest BCUT2D eigenvalue weighted by Crippen LogP contribution is -2.46. The summed E-state index contributed by atoms with van der Waals surface area (Å²) in [6, 6.07) is 0.201. The van der Waals surface area contributed by atoms with Gasteiger partial charge in [-0.15, -0.1) is 0 Å². The largest absolute Gasteiger partial charge is 0.428 e. The van der Waals surface area contributed by atoms with Crippen molar-refractivity contribution in [1.29, 1.82) is 0 Å². The van der Waals surface area contributed by atoms with E-state index in [0.717, 1.165) is 48.2 Å². The molecule has 163 valence electrons. The zero-order valence-electron chi connectivity index (χ0n) is 18.6. The van der Waals surface area contributed by atoms with Crippen molar-refractivity contribution in [3.63, 3.8) is 0 Å². The summed E-state index contributed by atoms with van der Waals surface area (Å²) in [6.45, 7) is 15.4. The molecule has 0 aliphatic carbocycles. The van der Waals surface area contributed by atoms with Crippen LogP contribution in [0.2, 0.25) is 0 Å². The number of hydrogen-bond donors (Lipinski definition) is 1. The molecule has 6 heteroatoms. The van der Waals surface area contributed by atoms with Crippen LogP contribution in [-0.4, -0.2) is 47.8 Å². The number of nitrogens with zero attached hydrogens (tertiary/aromatic N) is 2. The Morgan fingerprint density at radius 1 is 1.34 bits per heavy atom. The second-order valence-electron chi connectivity index (χ2n) is 8.80. The normalized spacial score (nSPS) is 19.1. The van der Waals surface area contributed by atoms with Crippen LogP contribution in [0.15, 0.2) is 11.2 Å².